The number of ether oxygens (including phenoxy) is 2. The summed E-state index contributed by atoms with van der Waals surface area (Å²) in [6.45, 7) is 0. The second-order valence-corrected chi connectivity index (χ2v) is 16.0. The molecule has 0 N–H and O–H groups in total. The van der Waals surface area contributed by atoms with E-state index in [-0.39, 0.29) is 0 Å². The molecule has 0 saturated heterocycles. The van der Waals surface area contributed by atoms with E-state index in [2.05, 4.69) is 200 Å². The molecule has 0 radical (unpaired) electrons. The molecule has 0 fully saturated rings. The average molecular weight is 807 g/mol. The van der Waals surface area contributed by atoms with Crippen LogP contribution in [0, 0.1) is 0 Å². The molecule has 1 aliphatic carbocycles. The van der Waals surface area contributed by atoms with Crippen LogP contribution in [0.5, 0.6) is 23.0 Å². The third-order valence-corrected chi connectivity index (χ3v) is 12.5. The fraction of sp³-hybridized carbons (Fsp3) is 0.0169. The van der Waals surface area contributed by atoms with E-state index in [1.165, 1.54) is 22.3 Å². The number of hydrogen-bond donors (Lipinski definition) is 0. The lowest BCUT2D eigenvalue weighted by Gasteiger charge is -2.34. The van der Waals surface area contributed by atoms with Gasteiger partial charge < -0.3 is 9.47 Å². The molecular weight excluding hydrogens is 769 g/mol. The first-order chi connectivity index (χ1) is 31.2. The van der Waals surface area contributed by atoms with Crippen molar-refractivity contribution in [2.24, 2.45) is 0 Å². The minimum atomic E-state index is -0.549. The number of rotatable bonds is 7. The van der Waals surface area contributed by atoms with E-state index in [1.54, 1.807) is 0 Å². The lowest BCUT2D eigenvalue weighted by Crippen LogP contribution is -2.28. The van der Waals surface area contributed by atoms with Crippen molar-refractivity contribution in [2.75, 3.05) is 0 Å². The van der Waals surface area contributed by atoms with Crippen molar-refractivity contribution in [3.63, 3.8) is 0 Å². The Morgan fingerprint density at radius 1 is 0.317 bits per heavy atom. The minimum absolute atomic E-state index is 0.549. The van der Waals surface area contributed by atoms with Gasteiger partial charge in [0.1, 0.15) is 0 Å². The second-order valence-electron chi connectivity index (χ2n) is 16.0. The molecule has 4 heteroatoms. The van der Waals surface area contributed by atoms with Crippen LogP contribution in [0.25, 0.3) is 67.3 Å². The van der Waals surface area contributed by atoms with Crippen molar-refractivity contribution in [3.05, 3.63) is 253 Å². The topological polar surface area (TPSA) is 44.2 Å². The van der Waals surface area contributed by atoms with E-state index in [9.17, 15) is 0 Å². The van der Waals surface area contributed by atoms with Crippen LogP contribution in [0.3, 0.4) is 0 Å². The van der Waals surface area contributed by atoms with Gasteiger partial charge in [0.2, 0.25) is 0 Å². The Bertz CT molecular complexity index is 3270. The van der Waals surface area contributed by atoms with Gasteiger partial charge in [-0.1, -0.05) is 206 Å². The number of fused-ring (bicyclic) bond motifs is 6. The molecule has 0 spiro atoms. The molecule has 9 aromatic carbocycles. The predicted molar refractivity (Wildman–Crippen MR) is 253 cm³/mol. The smallest absolute Gasteiger partial charge is 0.178 e. The fourth-order valence-electron chi connectivity index (χ4n) is 9.60. The molecule has 1 aromatic heterocycles. The fourth-order valence-corrected chi connectivity index (χ4v) is 9.60. The van der Waals surface area contributed by atoms with E-state index in [4.69, 9.17) is 19.4 Å². The van der Waals surface area contributed by atoms with Crippen LogP contribution in [-0.4, -0.2) is 9.97 Å². The number of aromatic nitrogens is 2. The summed E-state index contributed by atoms with van der Waals surface area (Å²) in [6.07, 6.45) is 0. The summed E-state index contributed by atoms with van der Waals surface area (Å²) in [7, 11) is 0. The number of benzene rings is 9. The first-order valence-corrected chi connectivity index (χ1v) is 21.3. The SMILES string of the molecule is c1ccc(-c2ccc(-c3cc(-c4ccccc4-c4ccc5c(c4)Oc4c(ccc6c4-c4ccccc4C6(c4ccccc4)c4ccccc4)O5)nc(-c4ccccc4)n3)cc2)cc1. The Morgan fingerprint density at radius 3 is 1.54 bits per heavy atom. The average Bonchev–Trinajstić information content (AvgIpc) is 3.68. The maximum Gasteiger partial charge on any atom is 0.178 e. The first-order valence-electron chi connectivity index (χ1n) is 21.3. The third kappa shape index (κ3) is 6.07. The predicted octanol–water partition coefficient (Wildman–Crippen LogP) is 15.1. The lowest BCUT2D eigenvalue weighted by molar-refractivity contribution is 0.360. The minimum Gasteiger partial charge on any atom is -0.449 e. The van der Waals surface area contributed by atoms with Crippen LogP contribution in [0.4, 0.5) is 0 Å². The number of nitrogens with zero attached hydrogens (tertiary/aromatic N) is 2. The van der Waals surface area contributed by atoms with E-state index < -0.39 is 5.41 Å². The van der Waals surface area contributed by atoms with Crippen molar-refractivity contribution in [2.45, 2.75) is 5.41 Å². The molecule has 0 atom stereocenters. The largest absolute Gasteiger partial charge is 0.449 e. The molecule has 296 valence electrons. The van der Waals surface area contributed by atoms with E-state index in [0.717, 1.165) is 67.2 Å². The molecule has 10 aromatic rings. The van der Waals surface area contributed by atoms with Crippen molar-refractivity contribution in [1.82, 2.24) is 9.97 Å². The van der Waals surface area contributed by atoms with Gasteiger partial charge in [-0.2, -0.15) is 0 Å². The maximum atomic E-state index is 7.09. The molecular formula is C59H38N2O2. The van der Waals surface area contributed by atoms with Crippen LogP contribution in [0.1, 0.15) is 22.3 Å². The summed E-state index contributed by atoms with van der Waals surface area (Å²) in [6, 6.07) is 80.6. The molecule has 12 rings (SSSR count). The molecule has 1 aliphatic heterocycles. The highest BCUT2D eigenvalue weighted by molar-refractivity contribution is 5.92. The molecule has 2 aliphatic rings. The van der Waals surface area contributed by atoms with Gasteiger partial charge in [-0.25, -0.2) is 9.97 Å². The molecule has 0 unspecified atom stereocenters. The maximum absolute atomic E-state index is 7.09. The van der Waals surface area contributed by atoms with Gasteiger partial charge in [-0.15, -0.1) is 0 Å². The van der Waals surface area contributed by atoms with Crippen LogP contribution in [0.15, 0.2) is 231 Å². The molecule has 2 heterocycles. The molecule has 0 saturated carbocycles. The van der Waals surface area contributed by atoms with Crippen molar-refractivity contribution >= 4 is 0 Å². The summed E-state index contributed by atoms with van der Waals surface area (Å²) in [5.41, 5.74) is 15.4. The summed E-state index contributed by atoms with van der Waals surface area (Å²) in [5.74, 6) is 3.41. The monoisotopic (exact) mass is 806 g/mol. The zero-order valence-electron chi connectivity index (χ0n) is 34.2. The van der Waals surface area contributed by atoms with Crippen LogP contribution in [0.2, 0.25) is 0 Å². The highest BCUT2D eigenvalue weighted by Crippen LogP contribution is 2.62. The van der Waals surface area contributed by atoms with Gasteiger partial charge in [-0.05, 0) is 74.3 Å². The van der Waals surface area contributed by atoms with Crippen molar-refractivity contribution < 1.29 is 9.47 Å². The van der Waals surface area contributed by atoms with Gasteiger partial charge in [0, 0.05) is 22.3 Å². The quantitative estimate of drug-likeness (QED) is 0.161. The molecule has 0 amide bonds. The summed E-state index contributed by atoms with van der Waals surface area (Å²) in [5, 5.41) is 0. The van der Waals surface area contributed by atoms with Gasteiger partial charge in [0.15, 0.2) is 28.8 Å². The zero-order valence-corrected chi connectivity index (χ0v) is 34.2. The molecule has 63 heavy (non-hydrogen) atoms. The first kappa shape index (κ1) is 36.5. The van der Waals surface area contributed by atoms with E-state index >= 15 is 0 Å². The van der Waals surface area contributed by atoms with Crippen molar-refractivity contribution in [1.29, 1.82) is 0 Å². The standard InChI is InChI=1S/C59H38N2O2/c1-5-17-39(18-6-1)40-29-31-41(32-30-40)51-38-52(61-58(60-51)42-19-7-2-8-20-42)47-26-14-13-25-46(47)43-33-35-53-55(37-43)63-57-54(62-53)36-34-50-56(57)48-27-15-16-28-49(48)59(50,44-21-9-3-10-22-44)45-23-11-4-12-24-45/h1-38H. The zero-order chi connectivity index (χ0) is 41.7. The molecule has 0 bridgehead atoms. The second kappa shape index (κ2) is 15.0. The Labute approximate surface area is 366 Å². The summed E-state index contributed by atoms with van der Waals surface area (Å²) >= 11 is 0. The Kier molecular flexibility index (Phi) is 8.68. The summed E-state index contributed by atoms with van der Waals surface area (Å²) in [4.78, 5) is 10.4. The lowest BCUT2D eigenvalue weighted by atomic mass is 9.68. The van der Waals surface area contributed by atoms with E-state index in [0.29, 0.717) is 23.1 Å². The van der Waals surface area contributed by atoms with Crippen molar-refractivity contribution in [3.8, 4) is 90.3 Å². The van der Waals surface area contributed by atoms with Crippen LogP contribution >= 0.6 is 0 Å². The van der Waals surface area contributed by atoms with Gasteiger partial charge in [0.25, 0.3) is 0 Å². The third-order valence-electron chi connectivity index (χ3n) is 12.5. The summed E-state index contributed by atoms with van der Waals surface area (Å²) < 4.78 is 13.8. The number of hydrogen-bond acceptors (Lipinski definition) is 4. The van der Waals surface area contributed by atoms with Gasteiger partial charge in [0.05, 0.1) is 16.8 Å². The van der Waals surface area contributed by atoms with E-state index in [1.807, 2.05) is 30.3 Å². The Morgan fingerprint density at radius 2 is 0.841 bits per heavy atom. The van der Waals surface area contributed by atoms with Gasteiger partial charge in [-0.3, -0.25) is 0 Å². The Balaban J connectivity index is 0.968. The van der Waals surface area contributed by atoms with Gasteiger partial charge >= 0.3 is 0 Å². The van der Waals surface area contributed by atoms with Crippen LogP contribution < -0.4 is 9.47 Å². The highest BCUT2D eigenvalue weighted by atomic mass is 16.6. The van der Waals surface area contributed by atoms with Crippen LogP contribution in [-0.2, 0) is 5.41 Å². The molecule has 4 nitrogen and oxygen atoms in total. The normalized spacial score (nSPS) is 12.8. The highest BCUT2D eigenvalue weighted by Gasteiger charge is 2.48. The Hall–Kier alpha value is -8.34.